The summed E-state index contributed by atoms with van der Waals surface area (Å²) in [6.07, 6.45) is -0.0532. The van der Waals surface area contributed by atoms with Gasteiger partial charge in [-0.05, 0) is 25.5 Å². The van der Waals surface area contributed by atoms with Gasteiger partial charge in [0, 0.05) is 0 Å². The molecule has 0 spiro atoms. The minimum atomic E-state index is -0.338. The van der Waals surface area contributed by atoms with Crippen LogP contribution in [0.5, 0.6) is 0 Å². The maximum Gasteiger partial charge on any atom is 0.310 e. The molecule has 5 heteroatoms. The van der Waals surface area contributed by atoms with Gasteiger partial charge in [0.15, 0.2) is 0 Å². The van der Waals surface area contributed by atoms with Crippen molar-refractivity contribution in [3.05, 3.63) is 32.8 Å². The van der Waals surface area contributed by atoms with Crippen molar-refractivity contribution in [2.45, 2.75) is 26.4 Å². The highest BCUT2D eigenvalue weighted by molar-refractivity contribution is 6.48. The van der Waals surface area contributed by atoms with Crippen LogP contribution in [0, 0.1) is 0 Å². The molecular formula is C11H11Cl3O2. The van der Waals surface area contributed by atoms with Crippen molar-refractivity contribution < 1.29 is 9.53 Å². The zero-order valence-electron chi connectivity index (χ0n) is 8.89. The molecule has 0 aliphatic carbocycles. The minimum absolute atomic E-state index is 0.0912. The van der Waals surface area contributed by atoms with Crippen LogP contribution < -0.4 is 0 Å². The topological polar surface area (TPSA) is 26.3 Å². The van der Waals surface area contributed by atoms with E-state index in [0.717, 1.165) is 0 Å². The first-order valence-electron chi connectivity index (χ1n) is 4.73. The highest BCUT2D eigenvalue weighted by Crippen LogP contribution is 2.32. The zero-order valence-corrected chi connectivity index (χ0v) is 11.2. The highest BCUT2D eigenvalue weighted by Gasteiger charge is 2.13. The molecule has 0 saturated heterocycles. The summed E-state index contributed by atoms with van der Waals surface area (Å²) in [6.45, 7) is 3.57. The summed E-state index contributed by atoms with van der Waals surface area (Å²) in [7, 11) is 0. The second-order valence-electron chi connectivity index (χ2n) is 3.55. The van der Waals surface area contributed by atoms with Crippen LogP contribution in [0.15, 0.2) is 12.1 Å². The van der Waals surface area contributed by atoms with Gasteiger partial charge in [0.25, 0.3) is 0 Å². The minimum Gasteiger partial charge on any atom is -0.463 e. The smallest absolute Gasteiger partial charge is 0.310 e. The van der Waals surface area contributed by atoms with Crippen molar-refractivity contribution in [3.63, 3.8) is 0 Å². The Morgan fingerprint density at radius 3 is 2.44 bits per heavy atom. The highest BCUT2D eigenvalue weighted by atomic mass is 35.5. The largest absolute Gasteiger partial charge is 0.463 e. The molecule has 16 heavy (non-hydrogen) atoms. The summed E-state index contributed by atoms with van der Waals surface area (Å²) < 4.78 is 5.01. The maximum absolute atomic E-state index is 11.4. The third-order valence-corrected chi connectivity index (χ3v) is 3.15. The van der Waals surface area contributed by atoms with E-state index in [4.69, 9.17) is 39.5 Å². The molecule has 0 heterocycles. The van der Waals surface area contributed by atoms with E-state index in [2.05, 4.69) is 0 Å². The predicted octanol–water partition coefficient (Wildman–Crippen LogP) is 4.14. The molecule has 0 saturated carbocycles. The van der Waals surface area contributed by atoms with E-state index in [1.807, 2.05) is 0 Å². The number of esters is 1. The first kappa shape index (κ1) is 13.6. The quantitative estimate of drug-likeness (QED) is 0.615. The fourth-order valence-corrected chi connectivity index (χ4v) is 1.78. The number of benzene rings is 1. The Hall–Kier alpha value is -0.440. The molecule has 0 aromatic heterocycles. The molecule has 1 rings (SSSR count). The second kappa shape index (κ2) is 5.76. The number of halogens is 3. The van der Waals surface area contributed by atoms with Gasteiger partial charge in [-0.1, -0.05) is 40.9 Å². The van der Waals surface area contributed by atoms with Gasteiger partial charge >= 0.3 is 5.97 Å². The van der Waals surface area contributed by atoms with E-state index in [0.29, 0.717) is 15.6 Å². The molecule has 0 N–H and O–H groups in total. The molecule has 1 aromatic carbocycles. The van der Waals surface area contributed by atoms with Crippen molar-refractivity contribution in [1.29, 1.82) is 0 Å². The predicted molar refractivity (Wildman–Crippen MR) is 66.4 cm³/mol. The summed E-state index contributed by atoms with van der Waals surface area (Å²) in [4.78, 5) is 11.4. The fourth-order valence-electron chi connectivity index (χ4n) is 1.16. The Labute approximate surface area is 109 Å². The molecule has 88 valence electrons. The van der Waals surface area contributed by atoms with Crippen LogP contribution >= 0.6 is 34.8 Å². The van der Waals surface area contributed by atoms with Gasteiger partial charge in [0.1, 0.15) is 0 Å². The first-order chi connectivity index (χ1) is 7.41. The summed E-state index contributed by atoms with van der Waals surface area (Å²) in [5.74, 6) is -0.338. The lowest BCUT2D eigenvalue weighted by atomic mass is 10.1. The van der Waals surface area contributed by atoms with Crippen molar-refractivity contribution in [2.75, 3.05) is 0 Å². The Balaban J connectivity index is 2.82. The van der Waals surface area contributed by atoms with E-state index in [1.165, 1.54) is 0 Å². The summed E-state index contributed by atoms with van der Waals surface area (Å²) in [5.41, 5.74) is 0.613. The summed E-state index contributed by atoms with van der Waals surface area (Å²) in [5, 5.41) is 0.931. The lowest BCUT2D eigenvalue weighted by Gasteiger charge is -2.09. The summed E-state index contributed by atoms with van der Waals surface area (Å²) in [6, 6.07) is 3.27. The summed E-state index contributed by atoms with van der Waals surface area (Å²) >= 11 is 17.6. The maximum atomic E-state index is 11.4. The number of carbonyl (C=O) groups is 1. The van der Waals surface area contributed by atoms with Gasteiger partial charge in [-0.2, -0.15) is 0 Å². The molecule has 1 aromatic rings. The van der Waals surface area contributed by atoms with Gasteiger partial charge in [-0.25, -0.2) is 0 Å². The number of hydrogen-bond acceptors (Lipinski definition) is 2. The van der Waals surface area contributed by atoms with E-state index in [9.17, 15) is 4.79 Å². The van der Waals surface area contributed by atoms with Crippen LogP contribution in [0.4, 0.5) is 0 Å². The van der Waals surface area contributed by atoms with Gasteiger partial charge < -0.3 is 4.74 Å². The average molecular weight is 282 g/mol. The van der Waals surface area contributed by atoms with Crippen LogP contribution in [0.1, 0.15) is 19.4 Å². The normalized spacial score (nSPS) is 10.6. The third kappa shape index (κ3) is 3.55. The fraction of sp³-hybridized carbons (Fsp3) is 0.364. The molecule has 0 bridgehead atoms. The third-order valence-electron chi connectivity index (χ3n) is 1.82. The Morgan fingerprint density at radius 2 is 1.88 bits per heavy atom. The molecular weight excluding hydrogens is 270 g/mol. The monoisotopic (exact) mass is 280 g/mol. The molecule has 0 aliphatic heterocycles. The number of carbonyl (C=O) groups excluding carboxylic acids is 1. The SMILES string of the molecule is CC(C)OC(=O)Cc1ccc(Cl)c(Cl)c1Cl. The van der Waals surface area contributed by atoms with Crippen molar-refractivity contribution in [2.24, 2.45) is 0 Å². The molecule has 0 radical (unpaired) electrons. The van der Waals surface area contributed by atoms with Crippen LogP contribution in [0.25, 0.3) is 0 Å². The molecule has 0 atom stereocenters. The molecule has 2 nitrogen and oxygen atoms in total. The van der Waals surface area contributed by atoms with Crippen molar-refractivity contribution in [3.8, 4) is 0 Å². The lowest BCUT2D eigenvalue weighted by Crippen LogP contribution is -2.13. The number of ether oxygens (including phenoxy) is 1. The molecule has 0 unspecified atom stereocenters. The van der Waals surface area contributed by atoms with E-state index < -0.39 is 0 Å². The van der Waals surface area contributed by atoms with Gasteiger partial charge in [0.2, 0.25) is 0 Å². The number of rotatable bonds is 3. The van der Waals surface area contributed by atoms with Crippen LogP contribution in [0.2, 0.25) is 15.1 Å². The van der Waals surface area contributed by atoms with Gasteiger partial charge in [0.05, 0.1) is 27.6 Å². The van der Waals surface area contributed by atoms with Crippen LogP contribution in [-0.4, -0.2) is 12.1 Å². The standard InChI is InChI=1S/C11H11Cl3O2/c1-6(2)16-9(15)5-7-3-4-8(12)11(14)10(7)13/h3-4,6H,5H2,1-2H3. The van der Waals surface area contributed by atoms with Crippen molar-refractivity contribution >= 4 is 40.8 Å². The Morgan fingerprint density at radius 1 is 1.25 bits per heavy atom. The van der Waals surface area contributed by atoms with Crippen LogP contribution in [-0.2, 0) is 16.0 Å². The van der Waals surface area contributed by atoms with E-state index in [-0.39, 0.29) is 23.5 Å². The first-order valence-corrected chi connectivity index (χ1v) is 5.87. The van der Waals surface area contributed by atoms with Crippen molar-refractivity contribution in [1.82, 2.24) is 0 Å². The lowest BCUT2D eigenvalue weighted by molar-refractivity contribution is -0.146. The second-order valence-corrected chi connectivity index (χ2v) is 4.71. The average Bonchev–Trinajstić information content (AvgIpc) is 2.18. The Bertz CT molecular complexity index is 402. The van der Waals surface area contributed by atoms with E-state index in [1.54, 1.807) is 26.0 Å². The molecule has 0 fully saturated rings. The van der Waals surface area contributed by atoms with Gasteiger partial charge in [-0.15, -0.1) is 0 Å². The van der Waals surface area contributed by atoms with Crippen LogP contribution in [0.3, 0.4) is 0 Å². The number of hydrogen-bond donors (Lipinski definition) is 0. The Kier molecular flexibility index (Phi) is 4.90. The molecule has 0 aliphatic rings. The van der Waals surface area contributed by atoms with Gasteiger partial charge in [-0.3, -0.25) is 4.79 Å². The molecule has 0 amide bonds. The zero-order chi connectivity index (χ0) is 12.3. The van der Waals surface area contributed by atoms with E-state index >= 15 is 0 Å².